The summed E-state index contributed by atoms with van der Waals surface area (Å²) >= 11 is 6.47. The highest BCUT2D eigenvalue weighted by molar-refractivity contribution is 6.34. The Morgan fingerprint density at radius 2 is 1.74 bits per heavy atom. The van der Waals surface area contributed by atoms with Gasteiger partial charge < -0.3 is 20.8 Å². The van der Waals surface area contributed by atoms with Gasteiger partial charge in [-0.05, 0) is 35.4 Å². The van der Waals surface area contributed by atoms with Crippen LogP contribution in [0.25, 0.3) is 43.7 Å². The molecule has 3 aromatic carbocycles. The van der Waals surface area contributed by atoms with Gasteiger partial charge in [-0.15, -0.1) is 0 Å². The van der Waals surface area contributed by atoms with Crippen LogP contribution in [0.5, 0.6) is 0 Å². The summed E-state index contributed by atoms with van der Waals surface area (Å²) in [7, 11) is 0. The second kappa shape index (κ2) is 6.13. The van der Waals surface area contributed by atoms with Crippen LogP contribution < -0.4 is 5.73 Å². The number of rotatable bonds is 3. The van der Waals surface area contributed by atoms with Gasteiger partial charge in [-0.25, -0.2) is 0 Å². The Morgan fingerprint density at radius 3 is 2.56 bits per heavy atom. The normalized spacial score (nSPS) is 13.0. The Morgan fingerprint density at radius 1 is 0.926 bits per heavy atom. The van der Waals surface area contributed by atoms with Crippen LogP contribution in [0.4, 0.5) is 0 Å². The molecular formula is C22H18ClN3O. The molecule has 0 radical (unpaired) electrons. The zero-order chi connectivity index (χ0) is 18.5. The van der Waals surface area contributed by atoms with E-state index < -0.39 is 6.10 Å². The summed E-state index contributed by atoms with van der Waals surface area (Å²) in [6.07, 6.45) is 3.35. The Hall–Kier alpha value is -2.79. The summed E-state index contributed by atoms with van der Waals surface area (Å²) in [5.41, 5.74) is 10.6. The lowest BCUT2D eigenvalue weighted by Crippen LogP contribution is -2.11. The number of H-pyrrole nitrogens is 2. The number of aliphatic hydroxyl groups excluding tert-OH is 1. The van der Waals surface area contributed by atoms with Gasteiger partial charge in [-0.2, -0.15) is 0 Å². The molecule has 0 aliphatic rings. The second-order valence-electron chi connectivity index (χ2n) is 6.79. The fourth-order valence-electron chi connectivity index (χ4n) is 3.89. The zero-order valence-electron chi connectivity index (χ0n) is 14.5. The highest BCUT2D eigenvalue weighted by Crippen LogP contribution is 2.40. The van der Waals surface area contributed by atoms with Crippen LogP contribution in [0.2, 0.25) is 5.02 Å². The molecule has 4 nitrogen and oxygen atoms in total. The van der Waals surface area contributed by atoms with Crippen molar-refractivity contribution >= 4 is 44.2 Å². The van der Waals surface area contributed by atoms with Crippen LogP contribution in [0.1, 0.15) is 11.7 Å². The third-order valence-electron chi connectivity index (χ3n) is 5.22. The van der Waals surface area contributed by atoms with Gasteiger partial charge in [-0.1, -0.05) is 35.9 Å². The lowest BCUT2D eigenvalue weighted by molar-refractivity contribution is 0.187. The lowest BCUT2D eigenvalue weighted by Gasteiger charge is -2.09. The van der Waals surface area contributed by atoms with Crippen LogP contribution in [-0.2, 0) is 0 Å². The van der Waals surface area contributed by atoms with Gasteiger partial charge in [0.2, 0.25) is 0 Å². The fraction of sp³-hybridized carbons (Fsp3) is 0.0909. The van der Waals surface area contributed by atoms with Crippen molar-refractivity contribution in [1.82, 2.24) is 9.97 Å². The first-order valence-corrected chi connectivity index (χ1v) is 9.23. The minimum Gasteiger partial charge on any atom is -0.387 e. The lowest BCUT2D eigenvalue weighted by atomic mass is 9.97. The van der Waals surface area contributed by atoms with Crippen molar-refractivity contribution in [3.05, 3.63) is 71.5 Å². The molecule has 1 unspecified atom stereocenters. The third-order valence-corrected chi connectivity index (χ3v) is 5.55. The van der Waals surface area contributed by atoms with Crippen molar-refractivity contribution in [3.8, 4) is 11.1 Å². The zero-order valence-corrected chi connectivity index (χ0v) is 15.2. The molecule has 0 spiro atoms. The average Bonchev–Trinajstić information content (AvgIpc) is 3.30. The van der Waals surface area contributed by atoms with Gasteiger partial charge in [0, 0.05) is 62.1 Å². The summed E-state index contributed by atoms with van der Waals surface area (Å²) in [6, 6.07) is 16.0. The van der Waals surface area contributed by atoms with Crippen LogP contribution in [-0.4, -0.2) is 21.6 Å². The van der Waals surface area contributed by atoms with Gasteiger partial charge in [0.15, 0.2) is 0 Å². The van der Waals surface area contributed by atoms with Crippen LogP contribution in [0.3, 0.4) is 0 Å². The molecule has 2 aromatic heterocycles. The molecule has 0 aliphatic heterocycles. The predicted molar refractivity (Wildman–Crippen MR) is 112 cm³/mol. The second-order valence-corrected chi connectivity index (χ2v) is 7.20. The minimum atomic E-state index is -0.663. The molecule has 0 bridgehead atoms. The maximum Gasteiger partial charge on any atom is 0.0912 e. The van der Waals surface area contributed by atoms with E-state index in [0.29, 0.717) is 0 Å². The number of nitrogens with one attached hydrogen (secondary N) is 2. The Balaban J connectivity index is 1.88. The molecule has 2 heterocycles. The number of hydrogen-bond acceptors (Lipinski definition) is 2. The van der Waals surface area contributed by atoms with Crippen LogP contribution in [0.15, 0.2) is 60.9 Å². The first-order valence-electron chi connectivity index (χ1n) is 8.85. The molecule has 0 fully saturated rings. The summed E-state index contributed by atoms with van der Waals surface area (Å²) < 4.78 is 0. The van der Waals surface area contributed by atoms with E-state index in [1.807, 2.05) is 54.9 Å². The molecule has 5 heteroatoms. The van der Waals surface area contributed by atoms with Crippen molar-refractivity contribution in [2.45, 2.75) is 6.10 Å². The summed E-state index contributed by atoms with van der Waals surface area (Å²) in [4.78, 5) is 6.74. The van der Waals surface area contributed by atoms with Gasteiger partial charge in [0.05, 0.1) is 6.10 Å². The first kappa shape index (κ1) is 16.4. The maximum atomic E-state index is 10.1. The van der Waals surface area contributed by atoms with E-state index in [9.17, 15) is 5.11 Å². The number of aliphatic hydroxyl groups is 1. The number of aromatic amines is 2. The van der Waals surface area contributed by atoms with Crippen molar-refractivity contribution in [3.63, 3.8) is 0 Å². The van der Waals surface area contributed by atoms with Crippen molar-refractivity contribution < 1.29 is 5.11 Å². The highest BCUT2D eigenvalue weighted by Gasteiger charge is 2.16. The third kappa shape index (κ3) is 2.46. The van der Waals surface area contributed by atoms with Crippen molar-refractivity contribution in [1.29, 1.82) is 0 Å². The monoisotopic (exact) mass is 375 g/mol. The van der Waals surface area contributed by atoms with E-state index in [1.165, 1.54) is 0 Å². The number of hydrogen-bond donors (Lipinski definition) is 4. The Kier molecular flexibility index (Phi) is 3.72. The molecule has 0 amide bonds. The smallest absolute Gasteiger partial charge is 0.0912 e. The van der Waals surface area contributed by atoms with Gasteiger partial charge in [0.25, 0.3) is 0 Å². The fourth-order valence-corrected chi connectivity index (χ4v) is 4.13. The molecule has 1 atom stereocenters. The summed E-state index contributed by atoms with van der Waals surface area (Å²) in [6.45, 7) is 0.198. The SMILES string of the molecule is NCC(O)c1ccc2[nH]c3cc(-c4ccccc4Cl)c4c[nH]cc4c3c2c1. The Labute approximate surface area is 160 Å². The van der Waals surface area contributed by atoms with E-state index >= 15 is 0 Å². The number of aromatic nitrogens is 2. The van der Waals surface area contributed by atoms with Gasteiger partial charge in [0.1, 0.15) is 0 Å². The molecule has 0 aliphatic carbocycles. The summed E-state index contributed by atoms with van der Waals surface area (Å²) in [5.74, 6) is 0. The first-order chi connectivity index (χ1) is 13.2. The largest absolute Gasteiger partial charge is 0.387 e. The van der Waals surface area contributed by atoms with Crippen molar-refractivity contribution in [2.24, 2.45) is 5.73 Å². The quantitative estimate of drug-likeness (QED) is 0.353. The van der Waals surface area contributed by atoms with Gasteiger partial charge in [-0.3, -0.25) is 0 Å². The molecule has 134 valence electrons. The van der Waals surface area contributed by atoms with E-state index in [2.05, 4.69) is 16.0 Å². The van der Waals surface area contributed by atoms with E-state index in [-0.39, 0.29) is 6.54 Å². The van der Waals surface area contributed by atoms with E-state index in [0.717, 1.165) is 54.3 Å². The maximum absolute atomic E-state index is 10.1. The highest BCUT2D eigenvalue weighted by atomic mass is 35.5. The number of nitrogens with two attached hydrogens (primary N) is 1. The molecule has 5 aromatic rings. The number of benzene rings is 3. The predicted octanol–water partition coefficient (Wildman–Crippen LogP) is 5.11. The standard InChI is InChI=1S/C22H18ClN3O/c23-18-4-2-1-3-13(18)14-8-20-22(17-11-25-10-16(14)17)15-7-12(21(27)9-24)5-6-19(15)26-20/h1-8,10-11,21,25-27H,9,24H2. The number of halogens is 1. The van der Waals surface area contributed by atoms with Crippen LogP contribution >= 0.6 is 11.6 Å². The number of fused-ring (bicyclic) bond motifs is 5. The van der Waals surface area contributed by atoms with E-state index in [1.54, 1.807) is 0 Å². The molecule has 27 heavy (non-hydrogen) atoms. The minimum absolute atomic E-state index is 0.198. The molecule has 5 rings (SSSR count). The van der Waals surface area contributed by atoms with E-state index in [4.69, 9.17) is 17.3 Å². The average molecular weight is 376 g/mol. The summed E-state index contributed by atoms with van der Waals surface area (Å²) in [5, 5.41) is 15.3. The molecular weight excluding hydrogens is 358 g/mol. The topological polar surface area (TPSA) is 77.8 Å². The Bertz CT molecular complexity index is 1300. The van der Waals surface area contributed by atoms with Gasteiger partial charge >= 0.3 is 0 Å². The van der Waals surface area contributed by atoms with Crippen molar-refractivity contribution in [2.75, 3.05) is 6.54 Å². The molecule has 5 N–H and O–H groups in total. The molecule has 0 saturated carbocycles. The van der Waals surface area contributed by atoms with Crippen LogP contribution in [0, 0.1) is 0 Å². The molecule has 0 saturated heterocycles.